The second-order valence-corrected chi connectivity index (χ2v) is 5.92. The molecule has 5 nitrogen and oxygen atoms in total. The third kappa shape index (κ3) is 3.79. The van der Waals surface area contributed by atoms with Crippen LogP contribution < -0.4 is 14.4 Å². The molecule has 1 amide bonds. The van der Waals surface area contributed by atoms with Crippen LogP contribution in [-0.2, 0) is 11.3 Å². The quantitative estimate of drug-likeness (QED) is 0.847. The Bertz CT molecular complexity index is 703. The normalized spacial score (nSPS) is 12.6. The average Bonchev–Trinajstić information content (AvgIpc) is 2.62. The molecular formula is C19H22N2O3. The summed E-state index contributed by atoms with van der Waals surface area (Å²) in [6.07, 6.45) is 0. The minimum Gasteiger partial charge on any atom is -0.486 e. The van der Waals surface area contributed by atoms with E-state index in [-0.39, 0.29) is 5.91 Å². The highest BCUT2D eigenvalue weighted by Gasteiger charge is 2.15. The molecule has 0 bridgehead atoms. The number of para-hydroxylation sites is 1. The van der Waals surface area contributed by atoms with Crippen molar-refractivity contribution < 1.29 is 14.3 Å². The van der Waals surface area contributed by atoms with Crippen molar-refractivity contribution in [3.05, 3.63) is 54.1 Å². The summed E-state index contributed by atoms with van der Waals surface area (Å²) in [6.45, 7) is 2.02. The molecule has 24 heavy (non-hydrogen) atoms. The summed E-state index contributed by atoms with van der Waals surface area (Å²) in [5.74, 6) is 1.58. The molecule has 0 fully saturated rings. The van der Waals surface area contributed by atoms with Gasteiger partial charge in [0.25, 0.3) is 0 Å². The Morgan fingerprint density at radius 2 is 1.71 bits per heavy atom. The third-order valence-electron chi connectivity index (χ3n) is 4.02. The Hall–Kier alpha value is -2.69. The molecule has 0 atom stereocenters. The average molecular weight is 326 g/mol. The zero-order valence-corrected chi connectivity index (χ0v) is 14.1. The van der Waals surface area contributed by atoms with Gasteiger partial charge in [0, 0.05) is 26.3 Å². The van der Waals surface area contributed by atoms with Crippen LogP contribution >= 0.6 is 0 Å². The topological polar surface area (TPSA) is 42.0 Å². The van der Waals surface area contributed by atoms with Crippen LogP contribution in [0.25, 0.3) is 0 Å². The molecule has 1 aliphatic heterocycles. The summed E-state index contributed by atoms with van der Waals surface area (Å²) in [5, 5.41) is 0. The molecule has 0 unspecified atom stereocenters. The van der Waals surface area contributed by atoms with Gasteiger partial charge in [-0.1, -0.05) is 24.3 Å². The van der Waals surface area contributed by atoms with Crippen LogP contribution in [0.3, 0.4) is 0 Å². The van der Waals surface area contributed by atoms with E-state index in [1.54, 1.807) is 4.90 Å². The molecule has 0 radical (unpaired) electrons. The van der Waals surface area contributed by atoms with Crippen LogP contribution in [0.2, 0.25) is 0 Å². The minimum absolute atomic E-state index is 0.0660. The standard InChI is InChI=1S/C19H22N2O3/c1-20(16-6-4-3-5-7-16)14-19(22)21(2)13-15-8-9-17-18(12-15)24-11-10-23-17/h3-9,12H,10-11,13-14H2,1-2H3. The first-order chi connectivity index (χ1) is 11.6. The first-order valence-corrected chi connectivity index (χ1v) is 8.02. The molecule has 3 rings (SSSR count). The van der Waals surface area contributed by atoms with E-state index in [1.807, 2.05) is 67.5 Å². The lowest BCUT2D eigenvalue weighted by molar-refractivity contribution is -0.128. The summed E-state index contributed by atoms with van der Waals surface area (Å²) in [7, 11) is 3.74. The van der Waals surface area contributed by atoms with E-state index in [4.69, 9.17) is 9.47 Å². The Morgan fingerprint density at radius 1 is 1.00 bits per heavy atom. The molecule has 0 aliphatic carbocycles. The van der Waals surface area contributed by atoms with Gasteiger partial charge in [-0.25, -0.2) is 0 Å². The maximum absolute atomic E-state index is 12.4. The number of carbonyl (C=O) groups is 1. The molecular weight excluding hydrogens is 304 g/mol. The maximum atomic E-state index is 12.4. The monoisotopic (exact) mass is 326 g/mol. The van der Waals surface area contributed by atoms with E-state index >= 15 is 0 Å². The second kappa shape index (κ2) is 7.25. The van der Waals surface area contributed by atoms with Gasteiger partial charge in [-0.2, -0.15) is 0 Å². The van der Waals surface area contributed by atoms with Crippen molar-refractivity contribution in [2.75, 3.05) is 38.8 Å². The SMILES string of the molecule is CN(Cc1ccc2c(c1)OCCO2)C(=O)CN(C)c1ccccc1. The molecule has 2 aromatic rings. The zero-order valence-electron chi connectivity index (χ0n) is 14.1. The number of hydrogen-bond acceptors (Lipinski definition) is 4. The van der Waals surface area contributed by atoms with E-state index in [1.165, 1.54) is 0 Å². The predicted octanol–water partition coefficient (Wildman–Crippen LogP) is 2.55. The fourth-order valence-electron chi connectivity index (χ4n) is 2.65. The van der Waals surface area contributed by atoms with E-state index < -0.39 is 0 Å². The first-order valence-electron chi connectivity index (χ1n) is 8.02. The molecule has 5 heteroatoms. The van der Waals surface area contributed by atoms with Crippen molar-refractivity contribution in [2.24, 2.45) is 0 Å². The number of carbonyl (C=O) groups excluding carboxylic acids is 1. The second-order valence-electron chi connectivity index (χ2n) is 5.92. The largest absolute Gasteiger partial charge is 0.486 e. The molecule has 0 saturated carbocycles. The summed E-state index contributed by atoms with van der Waals surface area (Å²) >= 11 is 0. The summed E-state index contributed by atoms with van der Waals surface area (Å²) in [4.78, 5) is 16.1. The number of ether oxygens (including phenoxy) is 2. The van der Waals surface area contributed by atoms with Crippen molar-refractivity contribution in [1.82, 2.24) is 4.90 Å². The van der Waals surface area contributed by atoms with Gasteiger partial charge in [0.15, 0.2) is 11.5 Å². The summed E-state index contributed by atoms with van der Waals surface area (Å²) in [5.41, 5.74) is 2.05. The number of fused-ring (bicyclic) bond motifs is 1. The van der Waals surface area contributed by atoms with E-state index in [9.17, 15) is 4.79 Å². The number of likely N-dealkylation sites (N-methyl/N-ethyl adjacent to an activating group) is 2. The molecule has 0 aromatic heterocycles. The Balaban J connectivity index is 1.60. The van der Waals surface area contributed by atoms with Crippen molar-refractivity contribution in [3.8, 4) is 11.5 Å². The highest BCUT2D eigenvalue weighted by molar-refractivity contribution is 5.81. The Kier molecular flexibility index (Phi) is 4.89. The smallest absolute Gasteiger partial charge is 0.242 e. The van der Waals surface area contributed by atoms with E-state index in [0.717, 1.165) is 22.7 Å². The van der Waals surface area contributed by atoms with Gasteiger partial charge in [-0.05, 0) is 29.8 Å². The van der Waals surface area contributed by atoms with Gasteiger partial charge in [-0.3, -0.25) is 4.79 Å². The van der Waals surface area contributed by atoms with Crippen molar-refractivity contribution in [2.45, 2.75) is 6.54 Å². The van der Waals surface area contributed by atoms with Crippen LogP contribution in [0.5, 0.6) is 11.5 Å². The van der Waals surface area contributed by atoms with Crippen LogP contribution in [0.4, 0.5) is 5.69 Å². The Morgan fingerprint density at radius 3 is 2.46 bits per heavy atom. The van der Waals surface area contributed by atoms with Crippen molar-refractivity contribution in [3.63, 3.8) is 0 Å². The predicted molar refractivity (Wildman–Crippen MR) is 93.6 cm³/mol. The molecule has 0 spiro atoms. The first kappa shape index (κ1) is 16.2. The van der Waals surface area contributed by atoms with Crippen LogP contribution in [-0.4, -0.2) is 44.7 Å². The van der Waals surface area contributed by atoms with Gasteiger partial charge in [0.2, 0.25) is 5.91 Å². The summed E-state index contributed by atoms with van der Waals surface area (Å²) < 4.78 is 11.1. The zero-order chi connectivity index (χ0) is 16.9. The van der Waals surface area contributed by atoms with E-state index in [2.05, 4.69) is 0 Å². The van der Waals surface area contributed by atoms with Crippen LogP contribution in [0.15, 0.2) is 48.5 Å². The number of amides is 1. The molecule has 0 N–H and O–H groups in total. The molecule has 0 saturated heterocycles. The minimum atomic E-state index is 0.0660. The van der Waals surface area contributed by atoms with Gasteiger partial charge in [-0.15, -0.1) is 0 Å². The van der Waals surface area contributed by atoms with Gasteiger partial charge in [0.05, 0.1) is 6.54 Å². The van der Waals surface area contributed by atoms with E-state index in [0.29, 0.717) is 26.3 Å². The fraction of sp³-hybridized carbons (Fsp3) is 0.316. The number of anilines is 1. The fourth-order valence-corrected chi connectivity index (χ4v) is 2.65. The molecule has 126 valence electrons. The van der Waals surface area contributed by atoms with Gasteiger partial charge < -0.3 is 19.3 Å². The highest BCUT2D eigenvalue weighted by Crippen LogP contribution is 2.31. The van der Waals surface area contributed by atoms with Crippen molar-refractivity contribution >= 4 is 11.6 Å². The van der Waals surface area contributed by atoms with Gasteiger partial charge in [0.1, 0.15) is 13.2 Å². The number of rotatable bonds is 5. The lowest BCUT2D eigenvalue weighted by Crippen LogP contribution is -2.36. The Labute approximate surface area is 142 Å². The van der Waals surface area contributed by atoms with Gasteiger partial charge >= 0.3 is 0 Å². The number of nitrogens with zero attached hydrogens (tertiary/aromatic N) is 2. The van der Waals surface area contributed by atoms with Crippen LogP contribution in [0.1, 0.15) is 5.56 Å². The summed E-state index contributed by atoms with van der Waals surface area (Å²) in [6, 6.07) is 15.7. The van der Waals surface area contributed by atoms with Crippen molar-refractivity contribution in [1.29, 1.82) is 0 Å². The maximum Gasteiger partial charge on any atom is 0.242 e. The third-order valence-corrected chi connectivity index (χ3v) is 4.02. The lowest BCUT2D eigenvalue weighted by Gasteiger charge is -2.24. The number of benzene rings is 2. The number of hydrogen-bond donors (Lipinski definition) is 0. The molecule has 1 aliphatic rings. The molecule has 2 aromatic carbocycles. The molecule has 1 heterocycles. The lowest BCUT2D eigenvalue weighted by atomic mass is 10.2. The highest BCUT2D eigenvalue weighted by atomic mass is 16.6. The van der Waals surface area contributed by atoms with Crippen LogP contribution in [0, 0.1) is 0 Å².